The first-order chi connectivity index (χ1) is 9.95. The number of carboxylic acid groups (broad SMARTS) is 1. The number of carboxylic acids is 1. The van der Waals surface area contributed by atoms with Gasteiger partial charge in [0.25, 0.3) is 0 Å². The van der Waals surface area contributed by atoms with E-state index in [4.69, 9.17) is 16.7 Å². The summed E-state index contributed by atoms with van der Waals surface area (Å²) >= 11 is 7.00. The number of carbonyl (C=O) groups excluding carboxylic acids is 1. The fourth-order valence-corrected chi connectivity index (χ4v) is 2.70. The largest absolute Gasteiger partial charge is 0.478 e. The monoisotopic (exact) mass is 321 g/mol. The van der Waals surface area contributed by atoms with Gasteiger partial charge in [-0.3, -0.25) is 4.79 Å². The lowest BCUT2D eigenvalue weighted by atomic mass is 10.2. The highest BCUT2D eigenvalue weighted by atomic mass is 35.5. The first-order valence-electron chi connectivity index (χ1n) is 6.04. The maximum atomic E-state index is 11.8. The van der Waals surface area contributed by atoms with Crippen LogP contribution in [-0.2, 0) is 4.79 Å². The molecule has 0 unspecified atom stereocenters. The second-order valence-corrected chi connectivity index (χ2v) is 5.97. The Bertz CT molecular complexity index is 704. The van der Waals surface area contributed by atoms with E-state index in [-0.39, 0.29) is 11.5 Å². The van der Waals surface area contributed by atoms with Gasteiger partial charge in [0, 0.05) is 16.0 Å². The molecule has 1 aromatic heterocycles. The Balaban J connectivity index is 2.08. The molecule has 0 saturated heterocycles. The molecule has 4 nitrogen and oxygen atoms in total. The predicted octanol–water partition coefficient (Wildman–Crippen LogP) is 4.06. The van der Waals surface area contributed by atoms with Crippen molar-refractivity contribution in [2.24, 2.45) is 0 Å². The van der Waals surface area contributed by atoms with Crippen molar-refractivity contribution < 1.29 is 14.7 Å². The third-order valence-electron chi connectivity index (χ3n) is 2.62. The molecular formula is C15H12ClNO3S. The van der Waals surface area contributed by atoms with Crippen molar-refractivity contribution in [3.63, 3.8) is 0 Å². The van der Waals surface area contributed by atoms with Gasteiger partial charge >= 0.3 is 5.97 Å². The molecule has 0 aliphatic heterocycles. The molecule has 6 heteroatoms. The Labute approximate surface area is 130 Å². The number of carbonyl (C=O) groups is 2. The number of thiophene rings is 1. The summed E-state index contributed by atoms with van der Waals surface area (Å²) < 4.78 is 0. The topological polar surface area (TPSA) is 66.4 Å². The summed E-state index contributed by atoms with van der Waals surface area (Å²) in [5, 5.41) is 12.6. The number of rotatable bonds is 4. The number of amides is 1. The summed E-state index contributed by atoms with van der Waals surface area (Å²) in [7, 11) is 0. The van der Waals surface area contributed by atoms with E-state index in [1.54, 1.807) is 37.3 Å². The molecule has 21 heavy (non-hydrogen) atoms. The molecule has 2 rings (SSSR count). The minimum absolute atomic E-state index is 0.103. The lowest BCUT2D eigenvalue weighted by Crippen LogP contribution is -2.09. The Morgan fingerprint density at radius 3 is 2.57 bits per heavy atom. The van der Waals surface area contributed by atoms with E-state index in [0.717, 1.165) is 10.4 Å². The number of hydrogen-bond donors (Lipinski definition) is 2. The SMILES string of the molecule is Cc1cc(C(=O)O)c(NC(=O)/C=C/c2ccc(Cl)cc2)s1. The van der Waals surface area contributed by atoms with Crippen LogP contribution in [0.25, 0.3) is 6.08 Å². The molecule has 0 fully saturated rings. The van der Waals surface area contributed by atoms with Gasteiger partial charge in [-0.1, -0.05) is 23.7 Å². The third-order valence-corrected chi connectivity index (χ3v) is 3.84. The second kappa shape index (κ2) is 6.56. The van der Waals surface area contributed by atoms with Crippen LogP contribution in [0.5, 0.6) is 0 Å². The van der Waals surface area contributed by atoms with Crippen molar-refractivity contribution in [2.75, 3.05) is 5.32 Å². The van der Waals surface area contributed by atoms with Gasteiger partial charge in [0.15, 0.2) is 0 Å². The van der Waals surface area contributed by atoms with Crippen LogP contribution in [0.15, 0.2) is 36.4 Å². The molecular weight excluding hydrogens is 310 g/mol. The van der Waals surface area contributed by atoms with Crippen molar-refractivity contribution in [1.82, 2.24) is 0 Å². The smallest absolute Gasteiger partial charge is 0.338 e. The highest BCUT2D eigenvalue weighted by molar-refractivity contribution is 7.16. The molecule has 1 amide bonds. The summed E-state index contributed by atoms with van der Waals surface area (Å²) in [6.45, 7) is 1.79. The highest BCUT2D eigenvalue weighted by Crippen LogP contribution is 2.27. The van der Waals surface area contributed by atoms with Crippen molar-refractivity contribution in [2.45, 2.75) is 6.92 Å². The number of halogens is 1. The molecule has 0 saturated carbocycles. The zero-order valence-corrected chi connectivity index (χ0v) is 12.7. The predicted molar refractivity (Wildman–Crippen MR) is 85.1 cm³/mol. The number of aromatic carboxylic acids is 1. The summed E-state index contributed by atoms with van der Waals surface area (Å²) in [6, 6.07) is 8.55. The van der Waals surface area contributed by atoms with Gasteiger partial charge in [-0.15, -0.1) is 11.3 Å². The van der Waals surface area contributed by atoms with Crippen LogP contribution in [-0.4, -0.2) is 17.0 Å². The van der Waals surface area contributed by atoms with Gasteiger partial charge in [0.2, 0.25) is 5.91 Å². The molecule has 1 aromatic carbocycles. The van der Waals surface area contributed by atoms with E-state index >= 15 is 0 Å². The van der Waals surface area contributed by atoms with Crippen LogP contribution in [0.2, 0.25) is 5.02 Å². The lowest BCUT2D eigenvalue weighted by Gasteiger charge is -2.00. The molecule has 0 aliphatic carbocycles. The van der Waals surface area contributed by atoms with Crippen molar-refractivity contribution in [3.8, 4) is 0 Å². The van der Waals surface area contributed by atoms with E-state index < -0.39 is 5.97 Å². The molecule has 0 radical (unpaired) electrons. The van der Waals surface area contributed by atoms with E-state index in [2.05, 4.69) is 5.32 Å². The van der Waals surface area contributed by atoms with Crippen LogP contribution >= 0.6 is 22.9 Å². The van der Waals surface area contributed by atoms with Crippen LogP contribution in [0.3, 0.4) is 0 Å². The van der Waals surface area contributed by atoms with Crippen molar-refractivity contribution in [1.29, 1.82) is 0 Å². The standard InChI is InChI=1S/C15H12ClNO3S/c1-9-8-12(15(19)20)14(21-9)17-13(18)7-4-10-2-5-11(16)6-3-10/h2-8H,1H3,(H,17,18)(H,19,20)/b7-4+. The Morgan fingerprint density at radius 2 is 1.95 bits per heavy atom. The average molecular weight is 322 g/mol. The minimum atomic E-state index is -1.06. The molecule has 108 valence electrons. The number of nitrogens with one attached hydrogen (secondary N) is 1. The second-order valence-electron chi connectivity index (χ2n) is 4.28. The minimum Gasteiger partial charge on any atom is -0.478 e. The normalized spacial score (nSPS) is 10.8. The van der Waals surface area contributed by atoms with Gasteiger partial charge in [-0.05, 0) is 36.8 Å². The lowest BCUT2D eigenvalue weighted by molar-refractivity contribution is -0.111. The summed E-state index contributed by atoms with van der Waals surface area (Å²) in [5.74, 6) is -1.44. The average Bonchev–Trinajstić information content (AvgIpc) is 2.79. The van der Waals surface area contributed by atoms with E-state index in [1.165, 1.54) is 23.5 Å². The van der Waals surface area contributed by atoms with Crippen molar-refractivity contribution in [3.05, 3.63) is 57.4 Å². The highest BCUT2D eigenvalue weighted by Gasteiger charge is 2.14. The van der Waals surface area contributed by atoms with Crippen LogP contribution in [0.1, 0.15) is 20.8 Å². The third kappa shape index (κ3) is 4.18. The Kier molecular flexibility index (Phi) is 4.77. The Morgan fingerprint density at radius 1 is 1.29 bits per heavy atom. The molecule has 0 spiro atoms. The fraction of sp³-hybridized carbons (Fsp3) is 0.0667. The summed E-state index contributed by atoms with van der Waals surface area (Å²) in [4.78, 5) is 23.7. The number of benzene rings is 1. The van der Waals surface area contributed by atoms with E-state index in [1.807, 2.05) is 0 Å². The van der Waals surface area contributed by atoms with Crippen LogP contribution in [0, 0.1) is 6.92 Å². The van der Waals surface area contributed by atoms with Crippen LogP contribution < -0.4 is 5.32 Å². The zero-order valence-electron chi connectivity index (χ0n) is 11.1. The first-order valence-corrected chi connectivity index (χ1v) is 7.23. The Hall–Kier alpha value is -2.11. The summed E-state index contributed by atoms with van der Waals surface area (Å²) in [6.07, 6.45) is 2.98. The molecule has 0 aliphatic rings. The molecule has 0 bridgehead atoms. The molecule has 2 aromatic rings. The van der Waals surface area contributed by atoms with Gasteiger partial charge < -0.3 is 10.4 Å². The molecule has 0 atom stereocenters. The zero-order chi connectivity index (χ0) is 15.4. The van der Waals surface area contributed by atoms with Gasteiger partial charge in [-0.25, -0.2) is 4.79 Å². The number of anilines is 1. The van der Waals surface area contributed by atoms with E-state index in [0.29, 0.717) is 10.0 Å². The van der Waals surface area contributed by atoms with Gasteiger partial charge in [0.1, 0.15) is 5.00 Å². The van der Waals surface area contributed by atoms with E-state index in [9.17, 15) is 9.59 Å². The van der Waals surface area contributed by atoms with Gasteiger partial charge in [0.05, 0.1) is 5.56 Å². The maximum absolute atomic E-state index is 11.8. The molecule has 1 heterocycles. The quantitative estimate of drug-likeness (QED) is 0.834. The summed E-state index contributed by atoms with van der Waals surface area (Å²) in [5.41, 5.74) is 0.932. The number of hydrogen-bond acceptors (Lipinski definition) is 3. The molecule has 2 N–H and O–H groups in total. The fourth-order valence-electron chi connectivity index (χ4n) is 1.67. The number of aryl methyl sites for hydroxylation is 1. The maximum Gasteiger partial charge on any atom is 0.338 e. The van der Waals surface area contributed by atoms with Gasteiger partial charge in [-0.2, -0.15) is 0 Å². The van der Waals surface area contributed by atoms with Crippen LogP contribution in [0.4, 0.5) is 5.00 Å². The first kappa shape index (κ1) is 15.3. The van der Waals surface area contributed by atoms with Crippen molar-refractivity contribution >= 4 is 45.9 Å².